The van der Waals surface area contributed by atoms with Crippen molar-refractivity contribution in [1.29, 1.82) is 0 Å². The molecule has 2 unspecified atom stereocenters. The molecule has 1 heterocycles. The Labute approximate surface area is 86.4 Å². The molecule has 2 N–H and O–H groups in total. The van der Waals surface area contributed by atoms with Crippen LogP contribution in [0.15, 0.2) is 0 Å². The van der Waals surface area contributed by atoms with Crippen molar-refractivity contribution in [3.63, 3.8) is 0 Å². The molecule has 15 heavy (non-hydrogen) atoms. The minimum absolute atomic E-state index is 0.157. The molecule has 1 aliphatic heterocycles. The zero-order valence-corrected chi connectivity index (χ0v) is 8.55. The summed E-state index contributed by atoms with van der Waals surface area (Å²) >= 11 is 0. The molecule has 2 atom stereocenters. The fraction of sp³-hybridized carbons (Fsp3) is 0.889. The number of halogens is 3. The van der Waals surface area contributed by atoms with Crippen LogP contribution in [-0.4, -0.2) is 35.6 Å². The lowest BCUT2D eigenvalue weighted by Crippen LogP contribution is -2.55. The summed E-state index contributed by atoms with van der Waals surface area (Å²) in [5, 5.41) is 0. The Bertz CT molecular complexity index is 240. The van der Waals surface area contributed by atoms with Crippen molar-refractivity contribution in [2.45, 2.75) is 44.4 Å². The highest BCUT2D eigenvalue weighted by atomic mass is 19.4. The maximum Gasteiger partial charge on any atom is 0.471 e. The van der Waals surface area contributed by atoms with Crippen LogP contribution in [0.1, 0.15) is 26.2 Å². The lowest BCUT2D eigenvalue weighted by Gasteiger charge is -2.38. The topological polar surface area (TPSA) is 46.3 Å². The van der Waals surface area contributed by atoms with E-state index in [0.29, 0.717) is 12.8 Å². The number of rotatable bonds is 1. The lowest BCUT2D eigenvalue weighted by atomic mass is 9.97. The Morgan fingerprint density at radius 1 is 1.47 bits per heavy atom. The summed E-state index contributed by atoms with van der Waals surface area (Å²) in [6, 6.07) is -0.899. The number of piperidine rings is 1. The van der Waals surface area contributed by atoms with E-state index in [4.69, 9.17) is 5.73 Å². The first-order valence-electron chi connectivity index (χ1n) is 4.97. The number of likely N-dealkylation sites (tertiary alicyclic amines) is 1. The number of hydrogen-bond donors (Lipinski definition) is 1. The maximum absolute atomic E-state index is 12.2. The molecular weight excluding hydrogens is 209 g/mol. The van der Waals surface area contributed by atoms with Gasteiger partial charge >= 0.3 is 12.1 Å². The second-order valence-corrected chi connectivity index (χ2v) is 3.92. The van der Waals surface area contributed by atoms with Crippen LogP contribution < -0.4 is 5.73 Å². The van der Waals surface area contributed by atoms with Gasteiger partial charge in [0.2, 0.25) is 0 Å². The van der Waals surface area contributed by atoms with E-state index in [1.165, 1.54) is 0 Å². The molecule has 1 saturated heterocycles. The summed E-state index contributed by atoms with van der Waals surface area (Å²) in [6.07, 6.45) is -2.79. The summed E-state index contributed by atoms with van der Waals surface area (Å²) in [7, 11) is 0. The highest BCUT2D eigenvalue weighted by molar-refractivity contribution is 5.82. The van der Waals surface area contributed by atoms with Crippen molar-refractivity contribution in [2.75, 3.05) is 6.54 Å². The predicted octanol–water partition coefficient (Wildman–Crippen LogP) is 1.28. The van der Waals surface area contributed by atoms with Crippen molar-refractivity contribution in [2.24, 2.45) is 5.73 Å². The molecule has 1 aliphatic rings. The van der Waals surface area contributed by atoms with Gasteiger partial charge in [-0.15, -0.1) is 0 Å². The highest BCUT2D eigenvalue weighted by Crippen LogP contribution is 2.25. The van der Waals surface area contributed by atoms with Crippen LogP contribution in [0.3, 0.4) is 0 Å². The van der Waals surface area contributed by atoms with E-state index >= 15 is 0 Å². The molecule has 88 valence electrons. The quantitative estimate of drug-likeness (QED) is 0.729. The molecule has 1 fully saturated rings. The van der Waals surface area contributed by atoms with Gasteiger partial charge in [0.1, 0.15) is 0 Å². The number of alkyl halides is 3. The van der Waals surface area contributed by atoms with E-state index in [9.17, 15) is 18.0 Å². The molecule has 0 spiro atoms. The average molecular weight is 224 g/mol. The average Bonchev–Trinajstić information content (AvgIpc) is 2.15. The van der Waals surface area contributed by atoms with Gasteiger partial charge in [-0.25, -0.2) is 0 Å². The molecule has 6 heteroatoms. The number of carbonyl (C=O) groups excluding carboxylic acids is 1. The van der Waals surface area contributed by atoms with Crippen LogP contribution in [0.5, 0.6) is 0 Å². The number of carbonyl (C=O) groups is 1. The molecule has 0 aromatic rings. The highest BCUT2D eigenvalue weighted by Gasteiger charge is 2.45. The summed E-state index contributed by atoms with van der Waals surface area (Å²) < 4.78 is 36.7. The fourth-order valence-electron chi connectivity index (χ4n) is 1.92. The molecule has 3 nitrogen and oxygen atoms in total. The van der Waals surface area contributed by atoms with Gasteiger partial charge in [0.25, 0.3) is 0 Å². The van der Waals surface area contributed by atoms with Gasteiger partial charge in [0.05, 0.1) is 0 Å². The summed E-state index contributed by atoms with van der Waals surface area (Å²) in [5.74, 6) is -1.76. The number of amides is 1. The Balaban J connectivity index is 2.77. The summed E-state index contributed by atoms with van der Waals surface area (Å²) in [5.41, 5.74) is 5.58. The zero-order chi connectivity index (χ0) is 11.6. The van der Waals surface area contributed by atoms with Crippen LogP contribution in [0.4, 0.5) is 13.2 Å². The van der Waals surface area contributed by atoms with Gasteiger partial charge in [-0.2, -0.15) is 13.2 Å². The predicted molar refractivity (Wildman–Crippen MR) is 49.1 cm³/mol. The maximum atomic E-state index is 12.2. The molecule has 0 aromatic heterocycles. The van der Waals surface area contributed by atoms with Crippen molar-refractivity contribution in [3.8, 4) is 0 Å². The van der Waals surface area contributed by atoms with Crippen molar-refractivity contribution in [1.82, 2.24) is 4.90 Å². The van der Waals surface area contributed by atoms with E-state index in [1.54, 1.807) is 6.92 Å². The second-order valence-electron chi connectivity index (χ2n) is 3.92. The minimum atomic E-state index is -4.79. The first-order chi connectivity index (χ1) is 6.84. The largest absolute Gasteiger partial charge is 0.471 e. The molecular formula is C9H15F3N2O. The molecule has 0 radical (unpaired) electrons. The molecule has 1 amide bonds. The van der Waals surface area contributed by atoms with Crippen LogP contribution >= 0.6 is 0 Å². The monoisotopic (exact) mass is 224 g/mol. The Kier molecular flexibility index (Phi) is 3.59. The molecule has 0 saturated carbocycles. The SMILES string of the molecule is CC(N)C1CCCCN1C(=O)C(F)(F)F. The van der Waals surface area contributed by atoms with Crippen molar-refractivity contribution < 1.29 is 18.0 Å². The summed E-state index contributed by atoms with van der Waals surface area (Å²) in [4.78, 5) is 11.9. The van der Waals surface area contributed by atoms with Crippen LogP contribution in [-0.2, 0) is 4.79 Å². The first-order valence-corrected chi connectivity index (χ1v) is 4.97. The van der Waals surface area contributed by atoms with E-state index < -0.39 is 24.2 Å². The first kappa shape index (κ1) is 12.3. The Hall–Kier alpha value is -0.780. The number of nitrogens with zero attached hydrogens (tertiary/aromatic N) is 1. The standard InChI is InChI=1S/C9H15F3N2O/c1-6(13)7-4-2-3-5-14(7)8(15)9(10,11)12/h6-7H,2-5,13H2,1H3. The van der Waals surface area contributed by atoms with E-state index in [-0.39, 0.29) is 6.54 Å². The van der Waals surface area contributed by atoms with E-state index in [0.717, 1.165) is 11.3 Å². The van der Waals surface area contributed by atoms with Gasteiger partial charge in [0, 0.05) is 18.6 Å². The normalized spacial score (nSPS) is 25.1. The molecule has 0 aromatic carbocycles. The van der Waals surface area contributed by atoms with Crippen LogP contribution in [0.25, 0.3) is 0 Å². The van der Waals surface area contributed by atoms with Gasteiger partial charge in [0.15, 0.2) is 0 Å². The zero-order valence-electron chi connectivity index (χ0n) is 8.55. The third-order valence-corrected chi connectivity index (χ3v) is 2.66. The second kappa shape index (κ2) is 4.38. The summed E-state index contributed by atoms with van der Waals surface area (Å²) in [6.45, 7) is 1.79. The lowest BCUT2D eigenvalue weighted by molar-refractivity contribution is -0.189. The molecule has 0 bridgehead atoms. The Morgan fingerprint density at radius 2 is 2.07 bits per heavy atom. The van der Waals surface area contributed by atoms with Gasteiger partial charge in [-0.3, -0.25) is 4.79 Å². The van der Waals surface area contributed by atoms with E-state index in [1.807, 2.05) is 0 Å². The molecule has 1 rings (SSSR count). The van der Waals surface area contributed by atoms with Crippen molar-refractivity contribution in [3.05, 3.63) is 0 Å². The van der Waals surface area contributed by atoms with Crippen LogP contribution in [0, 0.1) is 0 Å². The van der Waals surface area contributed by atoms with Gasteiger partial charge < -0.3 is 10.6 Å². The third-order valence-electron chi connectivity index (χ3n) is 2.66. The van der Waals surface area contributed by atoms with E-state index in [2.05, 4.69) is 0 Å². The number of hydrogen-bond acceptors (Lipinski definition) is 2. The fourth-order valence-corrected chi connectivity index (χ4v) is 1.92. The van der Waals surface area contributed by atoms with Crippen LogP contribution in [0.2, 0.25) is 0 Å². The van der Waals surface area contributed by atoms with Gasteiger partial charge in [-0.1, -0.05) is 0 Å². The third kappa shape index (κ3) is 2.84. The smallest absolute Gasteiger partial charge is 0.330 e. The molecule has 0 aliphatic carbocycles. The van der Waals surface area contributed by atoms with Gasteiger partial charge in [-0.05, 0) is 26.2 Å². The minimum Gasteiger partial charge on any atom is -0.330 e. The Morgan fingerprint density at radius 3 is 2.53 bits per heavy atom. The van der Waals surface area contributed by atoms with Crippen molar-refractivity contribution >= 4 is 5.91 Å². The number of nitrogens with two attached hydrogens (primary N) is 1.